The van der Waals surface area contributed by atoms with Gasteiger partial charge < -0.3 is 15.2 Å². The van der Waals surface area contributed by atoms with Gasteiger partial charge in [-0.1, -0.05) is 117 Å². The van der Waals surface area contributed by atoms with Crippen LogP contribution in [0.5, 0.6) is 0 Å². The van der Waals surface area contributed by atoms with Crippen molar-refractivity contribution < 1.29 is 23.9 Å². The first-order chi connectivity index (χ1) is 18.5. The van der Waals surface area contributed by atoms with Crippen molar-refractivity contribution in [3.05, 3.63) is 0 Å². The highest BCUT2D eigenvalue weighted by Gasteiger charge is 2.43. The molecule has 6 heteroatoms. The van der Waals surface area contributed by atoms with Crippen LogP contribution in [0.4, 0.5) is 0 Å². The molecular formula is C32H59NO5. The molecule has 0 spiro atoms. The van der Waals surface area contributed by atoms with Gasteiger partial charge in [-0.15, -0.1) is 0 Å². The molecule has 38 heavy (non-hydrogen) atoms. The molecule has 2 N–H and O–H groups in total. The third-order valence-electron chi connectivity index (χ3n) is 7.86. The van der Waals surface area contributed by atoms with Crippen LogP contribution in [0.25, 0.3) is 0 Å². The summed E-state index contributed by atoms with van der Waals surface area (Å²) in [7, 11) is 0. The van der Waals surface area contributed by atoms with Crippen molar-refractivity contribution in [2.24, 2.45) is 11.7 Å². The zero-order chi connectivity index (χ0) is 27.8. The van der Waals surface area contributed by atoms with E-state index in [9.17, 15) is 14.4 Å². The van der Waals surface area contributed by atoms with Crippen LogP contribution in [-0.4, -0.2) is 30.1 Å². The summed E-state index contributed by atoms with van der Waals surface area (Å²) < 4.78 is 11.5. The number of hydrogen-bond acceptors (Lipinski definition) is 5. The Morgan fingerprint density at radius 2 is 1.24 bits per heavy atom. The Kier molecular flexibility index (Phi) is 21.1. The van der Waals surface area contributed by atoms with E-state index >= 15 is 0 Å². The highest BCUT2D eigenvalue weighted by atomic mass is 16.6. The maximum Gasteiger partial charge on any atom is 0.313 e. The predicted molar refractivity (Wildman–Crippen MR) is 155 cm³/mol. The molecule has 0 unspecified atom stereocenters. The summed E-state index contributed by atoms with van der Waals surface area (Å²) in [6.07, 6.45) is 24.9. The largest absolute Gasteiger partial charge is 0.462 e. The molecule has 1 aliphatic rings. The quantitative estimate of drug-likeness (QED) is 0.0839. The molecule has 0 saturated carbocycles. The van der Waals surface area contributed by atoms with Crippen LogP contribution in [0.3, 0.4) is 0 Å². The molecule has 0 aromatic carbocycles. The number of rotatable bonds is 27. The van der Waals surface area contributed by atoms with E-state index in [2.05, 4.69) is 13.8 Å². The molecule has 222 valence electrons. The lowest BCUT2D eigenvalue weighted by Gasteiger charge is -2.37. The summed E-state index contributed by atoms with van der Waals surface area (Å²) in [5.74, 6) is -0.449. The minimum absolute atomic E-state index is 0.0225. The fourth-order valence-corrected chi connectivity index (χ4v) is 5.39. The van der Waals surface area contributed by atoms with Crippen LogP contribution in [-0.2, 0) is 23.9 Å². The second-order valence-corrected chi connectivity index (χ2v) is 11.5. The zero-order valence-corrected chi connectivity index (χ0v) is 24.8. The number of primary amides is 1. The molecule has 1 fully saturated rings. The maximum atomic E-state index is 12.6. The molecule has 0 aromatic rings. The van der Waals surface area contributed by atoms with Crippen LogP contribution in [0.1, 0.15) is 168 Å². The van der Waals surface area contributed by atoms with Crippen LogP contribution < -0.4 is 5.73 Å². The number of ether oxygens (including phenoxy) is 2. The van der Waals surface area contributed by atoms with Crippen molar-refractivity contribution in [2.75, 3.05) is 0 Å². The lowest BCUT2D eigenvalue weighted by molar-refractivity contribution is -0.190. The Morgan fingerprint density at radius 3 is 1.79 bits per heavy atom. The van der Waals surface area contributed by atoms with E-state index in [1.165, 1.54) is 64.2 Å². The van der Waals surface area contributed by atoms with Gasteiger partial charge in [-0.2, -0.15) is 0 Å². The molecule has 1 rings (SSSR count). The summed E-state index contributed by atoms with van der Waals surface area (Å²) in [5, 5.41) is 0. The number of carbonyl (C=O) groups excluding carboxylic acids is 3. The summed E-state index contributed by atoms with van der Waals surface area (Å²) in [5.41, 5.74) is 5.17. The van der Waals surface area contributed by atoms with E-state index in [0.717, 1.165) is 70.6 Å². The minimum atomic E-state index is -0.232. The molecule has 0 bridgehead atoms. The Morgan fingerprint density at radius 1 is 0.737 bits per heavy atom. The molecule has 0 radical (unpaired) electrons. The van der Waals surface area contributed by atoms with Gasteiger partial charge in [0.2, 0.25) is 5.91 Å². The van der Waals surface area contributed by atoms with E-state index in [1.54, 1.807) is 0 Å². The molecule has 1 amide bonds. The van der Waals surface area contributed by atoms with Gasteiger partial charge in [0.25, 0.3) is 0 Å². The van der Waals surface area contributed by atoms with Crippen molar-refractivity contribution in [1.82, 2.24) is 0 Å². The topological polar surface area (TPSA) is 95.7 Å². The molecule has 1 saturated heterocycles. The Labute approximate surface area is 233 Å². The maximum absolute atomic E-state index is 12.6. The summed E-state index contributed by atoms with van der Waals surface area (Å²) >= 11 is 0. The number of nitrogens with two attached hydrogens (primary N) is 1. The zero-order valence-electron chi connectivity index (χ0n) is 24.8. The third-order valence-corrected chi connectivity index (χ3v) is 7.86. The first-order valence-corrected chi connectivity index (χ1v) is 16.2. The van der Waals surface area contributed by atoms with Crippen LogP contribution in [0, 0.1) is 5.92 Å². The molecule has 1 heterocycles. The highest BCUT2D eigenvalue weighted by Crippen LogP contribution is 2.32. The second kappa shape index (κ2) is 23.3. The molecular weight excluding hydrogens is 478 g/mol. The lowest BCUT2D eigenvalue weighted by Crippen LogP contribution is -2.47. The number of unbranched alkanes of at least 4 members (excludes halogenated alkanes) is 16. The van der Waals surface area contributed by atoms with Gasteiger partial charge in [0, 0.05) is 19.3 Å². The summed E-state index contributed by atoms with van der Waals surface area (Å²) in [6.45, 7) is 4.44. The monoisotopic (exact) mass is 537 g/mol. The third kappa shape index (κ3) is 17.8. The van der Waals surface area contributed by atoms with Crippen molar-refractivity contribution in [3.63, 3.8) is 0 Å². The molecule has 3 atom stereocenters. The number of hydrogen-bond donors (Lipinski definition) is 1. The predicted octanol–water partition coefficient (Wildman–Crippen LogP) is 8.33. The van der Waals surface area contributed by atoms with Gasteiger partial charge in [0.05, 0.1) is 5.92 Å². The number of esters is 2. The Hall–Kier alpha value is -1.59. The van der Waals surface area contributed by atoms with Crippen LogP contribution in [0.15, 0.2) is 0 Å². The Bertz CT molecular complexity index is 623. The van der Waals surface area contributed by atoms with Crippen molar-refractivity contribution in [2.45, 2.75) is 180 Å². The van der Waals surface area contributed by atoms with Gasteiger partial charge in [-0.3, -0.25) is 14.4 Å². The second-order valence-electron chi connectivity index (χ2n) is 11.5. The van der Waals surface area contributed by atoms with Crippen molar-refractivity contribution in [1.29, 1.82) is 0 Å². The molecule has 1 aliphatic heterocycles. The average Bonchev–Trinajstić information content (AvgIpc) is 2.88. The van der Waals surface area contributed by atoms with Gasteiger partial charge in [0.15, 0.2) is 0 Å². The average molecular weight is 538 g/mol. The summed E-state index contributed by atoms with van der Waals surface area (Å²) in [4.78, 5) is 35.5. The Balaban J connectivity index is 2.36. The van der Waals surface area contributed by atoms with Gasteiger partial charge >= 0.3 is 11.9 Å². The highest BCUT2D eigenvalue weighted by molar-refractivity contribution is 5.78. The van der Waals surface area contributed by atoms with Gasteiger partial charge in [-0.05, 0) is 32.1 Å². The molecule has 6 nitrogen and oxygen atoms in total. The van der Waals surface area contributed by atoms with Gasteiger partial charge in [-0.25, -0.2) is 0 Å². The first-order valence-electron chi connectivity index (χ1n) is 16.2. The van der Waals surface area contributed by atoms with E-state index in [-0.39, 0.29) is 36.0 Å². The molecule has 0 aliphatic carbocycles. The summed E-state index contributed by atoms with van der Waals surface area (Å²) in [6, 6.07) is 0. The number of carbonyl (C=O) groups is 3. The first kappa shape index (κ1) is 34.4. The van der Waals surface area contributed by atoms with E-state index in [0.29, 0.717) is 19.3 Å². The number of cyclic esters (lactones) is 1. The van der Waals surface area contributed by atoms with Crippen molar-refractivity contribution in [3.8, 4) is 0 Å². The SMILES string of the molecule is CCCCCCCCCCC[C@@H](C[C@@H]1OC(=O)[C@H]1CCCCCC)OC(=O)CCCCCCCCC(N)=O. The van der Waals surface area contributed by atoms with Crippen molar-refractivity contribution >= 4 is 17.8 Å². The number of amides is 1. The van der Waals surface area contributed by atoms with E-state index < -0.39 is 0 Å². The lowest BCUT2D eigenvalue weighted by atomic mass is 9.86. The minimum Gasteiger partial charge on any atom is -0.462 e. The standard InChI is InChI=1S/C32H59NO5/c1-3-5-7-9-10-11-12-15-18-22-27(26-29-28(32(36)38-29)23-19-8-6-4-2)37-31(35)25-21-17-14-13-16-20-24-30(33)34/h27-29H,3-26H2,1-2H3,(H2,33,34)/t27-,28-,29-/m0/s1. The van der Waals surface area contributed by atoms with Crippen LogP contribution >= 0.6 is 0 Å². The van der Waals surface area contributed by atoms with Gasteiger partial charge in [0.1, 0.15) is 12.2 Å². The van der Waals surface area contributed by atoms with Crippen LogP contribution in [0.2, 0.25) is 0 Å². The fourth-order valence-electron chi connectivity index (χ4n) is 5.39. The smallest absolute Gasteiger partial charge is 0.313 e. The fraction of sp³-hybridized carbons (Fsp3) is 0.906. The normalized spacial score (nSPS) is 17.6. The molecule has 0 aromatic heterocycles. The van der Waals surface area contributed by atoms with E-state index in [4.69, 9.17) is 15.2 Å². The van der Waals surface area contributed by atoms with E-state index in [1.807, 2.05) is 0 Å².